The van der Waals surface area contributed by atoms with Crippen molar-refractivity contribution in [3.05, 3.63) is 77.9 Å². The average molecular weight is 408 g/mol. The summed E-state index contributed by atoms with van der Waals surface area (Å²) in [6, 6.07) is 13.6. The number of carbonyl (C=O) groups is 1. The van der Waals surface area contributed by atoms with Crippen molar-refractivity contribution >= 4 is 16.7 Å². The van der Waals surface area contributed by atoms with E-state index in [-0.39, 0.29) is 5.91 Å². The number of ether oxygens (including phenoxy) is 1. The summed E-state index contributed by atoms with van der Waals surface area (Å²) in [5.41, 5.74) is 6.44. The molecule has 0 radical (unpaired) electrons. The topological polar surface area (TPSA) is 80.5 Å². The smallest absolute Gasteiger partial charge is 0.255 e. The molecule has 4 rings (SSSR count). The fourth-order valence-electron chi connectivity index (χ4n) is 3.77. The minimum atomic E-state index is -1.23. The number of pyridine rings is 1. The van der Waals surface area contributed by atoms with Crippen LogP contribution in [0.1, 0.15) is 22.3 Å². The van der Waals surface area contributed by atoms with Crippen LogP contribution in [-0.2, 0) is 10.4 Å². The highest BCUT2D eigenvalue weighted by atomic mass is 19.1. The highest BCUT2D eigenvalue weighted by Gasteiger charge is 2.31. The van der Waals surface area contributed by atoms with Crippen molar-refractivity contribution < 1.29 is 13.9 Å². The Morgan fingerprint density at radius 3 is 2.77 bits per heavy atom. The van der Waals surface area contributed by atoms with Gasteiger partial charge >= 0.3 is 0 Å². The zero-order valence-corrected chi connectivity index (χ0v) is 16.7. The number of nitrogens with two attached hydrogens (primary N) is 1. The average Bonchev–Trinajstić information content (AvgIpc) is 2.78. The molecule has 6 nitrogen and oxygen atoms in total. The van der Waals surface area contributed by atoms with Crippen molar-refractivity contribution in [1.82, 2.24) is 15.2 Å². The number of rotatable bonds is 6. The summed E-state index contributed by atoms with van der Waals surface area (Å²) in [5.74, 6) is -0.734. The molecule has 2 heterocycles. The van der Waals surface area contributed by atoms with E-state index in [1.54, 1.807) is 18.3 Å². The van der Waals surface area contributed by atoms with E-state index in [1.165, 1.54) is 18.3 Å². The van der Waals surface area contributed by atoms with Crippen LogP contribution >= 0.6 is 0 Å². The van der Waals surface area contributed by atoms with Gasteiger partial charge in [0.05, 0.1) is 18.8 Å². The number of carbonyl (C=O) groups excluding carboxylic acids is 1. The lowest BCUT2D eigenvalue weighted by Crippen LogP contribution is -2.55. The van der Waals surface area contributed by atoms with E-state index in [0.717, 1.165) is 23.9 Å². The lowest BCUT2D eigenvalue weighted by Gasteiger charge is -2.35. The first-order valence-corrected chi connectivity index (χ1v) is 10.1. The predicted molar refractivity (Wildman–Crippen MR) is 113 cm³/mol. The fourth-order valence-corrected chi connectivity index (χ4v) is 3.77. The quantitative estimate of drug-likeness (QED) is 0.613. The van der Waals surface area contributed by atoms with Crippen LogP contribution in [0.4, 0.5) is 4.39 Å². The molecule has 1 unspecified atom stereocenters. The molecule has 30 heavy (non-hydrogen) atoms. The van der Waals surface area contributed by atoms with Gasteiger partial charge in [-0.2, -0.15) is 0 Å². The van der Waals surface area contributed by atoms with E-state index in [2.05, 4.69) is 15.2 Å². The number of benzene rings is 2. The summed E-state index contributed by atoms with van der Waals surface area (Å²) in [6.45, 7) is 3.61. The summed E-state index contributed by atoms with van der Waals surface area (Å²) in [6.07, 6.45) is 3.68. The van der Waals surface area contributed by atoms with Gasteiger partial charge in [0, 0.05) is 43.8 Å². The largest absolute Gasteiger partial charge is 0.379 e. The highest BCUT2D eigenvalue weighted by molar-refractivity contribution is 6.06. The Balaban J connectivity index is 1.62. The van der Waals surface area contributed by atoms with Gasteiger partial charge in [-0.05, 0) is 23.1 Å². The summed E-state index contributed by atoms with van der Waals surface area (Å²) in [7, 11) is 0. The minimum Gasteiger partial charge on any atom is -0.379 e. The maximum atomic E-state index is 14.0. The molecule has 0 aliphatic carbocycles. The Kier molecular flexibility index (Phi) is 6.03. The number of morpholine rings is 1. The number of nitrogens with zero attached hydrogens (tertiary/aromatic N) is 2. The van der Waals surface area contributed by atoms with Gasteiger partial charge in [-0.3, -0.25) is 14.7 Å². The van der Waals surface area contributed by atoms with Gasteiger partial charge in [0.25, 0.3) is 5.91 Å². The standard InChI is InChI=1S/C23H25FN4O2/c24-19-6-3-5-18(14-19)23(25,8-9-28-10-12-30-13-11-28)27-22(29)21-16-26-15-17-4-1-2-7-20(17)21/h1-7,14-16H,8-13,25H2,(H,27,29). The minimum absolute atomic E-state index is 0.340. The van der Waals surface area contributed by atoms with Crippen molar-refractivity contribution in [2.75, 3.05) is 32.8 Å². The first-order chi connectivity index (χ1) is 14.5. The van der Waals surface area contributed by atoms with Crippen LogP contribution < -0.4 is 11.1 Å². The van der Waals surface area contributed by atoms with Crippen LogP contribution in [0.15, 0.2) is 60.9 Å². The molecule has 3 N–H and O–H groups in total. The van der Waals surface area contributed by atoms with Crippen LogP contribution in [0.25, 0.3) is 10.8 Å². The molecule has 0 saturated carbocycles. The van der Waals surface area contributed by atoms with Crippen molar-refractivity contribution in [2.24, 2.45) is 5.73 Å². The molecule has 1 saturated heterocycles. The molecule has 2 aromatic carbocycles. The van der Waals surface area contributed by atoms with Gasteiger partial charge in [-0.25, -0.2) is 4.39 Å². The Morgan fingerprint density at radius 1 is 1.17 bits per heavy atom. The highest BCUT2D eigenvalue weighted by Crippen LogP contribution is 2.24. The molecule has 1 atom stereocenters. The van der Waals surface area contributed by atoms with Crippen LogP contribution in [-0.4, -0.2) is 48.6 Å². The molecule has 1 fully saturated rings. The van der Waals surface area contributed by atoms with Gasteiger partial charge < -0.3 is 15.8 Å². The molecule has 1 aromatic heterocycles. The molecule has 7 heteroatoms. The monoisotopic (exact) mass is 408 g/mol. The maximum absolute atomic E-state index is 14.0. The van der Waals surface area contributed by atoms with Gasteiger partial charge in [-0.1, -0.05) is 36.4 Å². The second kappa shape index (κ2) is 8.87. The summed E-state index contributed by atoms with van der Waals surface area (Å²) < 4.78 is 19.4. The van der Waals surface area contributed by atoms with Crippen LogP contribution in [0.3, 0.4) is 0 Å². The second-order valence-electron chi connectivity index (χ2n) is 7.55. The number of nitrogens with one attached hydrogen (secondary N) is 1. The van der Waals surface area contributed by atoms with E-state index in [1.807, 2.05) is 24.3 Å². The Morgan fingerprint density at radius 2 is 1.97 bits per heavy atom. The summed E-state index contributed by atoms with van der Waals surface area (Å²) in [5, 5.41) is 4.62. The Hall–Kier alpha value is -2.87. The molecule has 1 aliphatic rings. The van der Waals surface area contributed by atoms with E-state index in [9.17, 15) is 9.18 Å². The predicted octanol–water partition coefficient (Wildman–Crippen LogP) is 2.64. The van der Waals surface area contributed by atoms with Crippen LogP contribution in [0, 0.1) is 5.82 Å². The normalized spacial score (nSPS) is 16.9. The number of aromatic nitrogens is 1. The number of amides is 1. The second-order valence-corrected chi connectivity index (χ2v) is 7.55. The third-order valence-electron chi connectivity index (χ3n) is 5.52. The van der Waals surface area contributed by atoms with E-state index in [4.69, 9.17) is 10.5 Å². The van der Waals surface area contributed by atoms with Crippen molar-refractivity contribution in [1.29, 1.82) is 0 Å². The Bertz CT molecular complexity index is 1030. The number of hydrogen-bond acceptors (Lipinski definition) is 5. The molecule has 3 aromatic rings. The van der Waals surface area contributed by atoms with Gasteiger partial charge in [0.1, 0.15) is 11.5 Å². The molecule has 0 bridgehead atoms. The lowest BCUT2D eigenvalue weighted by atomic mass is 9.95. The number of halogens is 1. The van der Waals surface area contributed by atoms with Crippen LogP contribution in [0.5, 0.6) is 0 Å². The summed E-state index contributed by atoms with van der Waals surface area (Å²) >= 11 is 0. The zero-order chi connectivity index (χ0) is 21.0. The fraction of sp³-hybridized carbons (Fsp3) is 0.304. The number of hydrogen-bond donors (Lipinski definition) is 2. The zero-order valence-electron chi connectivity index (χ0n) is 16.7. The Labute approximate surface area is 174 Å². The van der Waals surface area contributed by atoms with E-state index < -0.39 is 11.5 Å². The van der Waals surface area contributed by atoms with Crippen molar-refractivity contribution in [3.8, 4) is 0 Å². The van der Waals surface area contributed by atoms with Gasteiger partial charge in [-0.15, -0.1) is 0 Å². The van der Waals surface area contributed by atoms with Crippen LogP contribution in [0.2, 0.25) is 0 Å². The van der Waals surface area contributed by atoms with Gasteiger partial charge in [0.15, 0.2) is 0 Å². The maximum Gasteiger partial charge on any atom is 0.255 e. The van der Waals surface area contributed by atoms with Crippen molar-refractivity contribution in [3.63, 3.8) is 0 Å². The number of fused-ring (bicyclic) bond motifs is 1. The van der Waals surface area contributed by atoms with E-state index >= 15 is 0 Å². The third kappa shape index (κ3) is 4.48. The first kappa shape index (κ1) is 20.4. The molecule has 1 amide bonds. The van der Waals surface area contributed by atoms with Gasteiger partial charge in [0.2, 0.25) is 0 Å². The lowest BCUT2D eigenvalue weighted by molar-refractivity contribution is 0.0330. The van der Waals surface area contributed by atoms with E-state index in [0.29, 0.717) is 37.3 Å². The molecular formula is C23H25FN4O2. The third-order valence-corrected chi connectivity index (χ3v) is 5.52. The molecule has 156 valence electrons. The first-order valence-electron chi connectivity index (χ1n) is 10.1. The molecular weight excluding hydrogens is 383 g/mol. The molecule has 1 aliphatic heterocycles. The SMILES string of the molecule is NC(CCN1CCOCC1)(NC(=O)c1cncc2ccccc12)c1cccc(F)c1. The molecule has 0 spiro atoms. The van der Waals surface area contributed by atoms with Crippen molar-refractivity contribution in [2.45, 2.75) is 12.1 Å². The summed E-state index contributed by atoms with van der Waals surface area (Å²) in [4.78, 5) is 19.6.